The predicted molar refractivity (Wildman–Crippen MR) is 89.6 cm³/mol. The van der Waals surface area contributed by atoms with Gasteiger partial charge in [0.1, 0.15) is 17.8 Å². The first kappa shape index (κ1) is 16.5. The molecule has 0 amide bonds. The van der Waals surface area contributed by atoms with Gasteiger partial charge in [0.15, 0.2) is 5.78 Å². The van der Waals surface area contributed by atoms with Crippen LogP contribution in [0.3, 0.4) is 0 Å². The van der Waals surface area contributed by atoms with Gasteiger partial charge in [-0.25, -0.2) is 0 Å². The van der Waals surface area contributed by atoms with E-state index in [4.69, 9.17) is 0 Å². The molecule has 0 aliphatic heterocycles. The van der Waals surface area contributed by atoms with E-state index in [-0.39, 0.29) is 29.0 Å². The molecule has 4 rings (SSSR count). The Hall–Kier alpha value is -0.970. The van der Waals surface area contributed by atoms with E-state index in [1.807, 2.05) is 6.92 Å². The second-order valence-electron chi connectivity index (χ2n) is 9.11. The van der Waals surface area contributed by atoms with Crippen LogP contribution in [0.2, 0.25) is 0 Å². The van der Waals surface area contributed by atoms with Gasteiger partial charge < -0.3 is 15.3 Å². The lowest BCUT2D eigenvalue weighted by Gasteiger charge is -2.48. The summed E-state index contributed by atoms with van der Waals surface area (Å²) in [6.07, 6.45) is 1.70. The number of allylic oxidation sites excluding steroid dienone is 1. The summed E-state index contributed by atoms with van der Waals surface area (Å²) in [5.74, 6) is 0.0420. The van der Waals surface area contributed by atoms with Crippen molar-refractivity contribution in [1.29, 1.82) is 0 Å². The molecule has 0 aromatic rings. The van der Waals surface area contributed by atoms with E-state index in [0.717, 1.165) is 6.42 Å². The molecule has 0 unspecified atom stereocenters. The largest absolute Gasteiger partial charge is 0.386 e. The van der Waals surface area contributed by atoms with Crippen LogP contribution in [-0.4, -0.2) is 38.9 Å². The minimum atomic E-state index is -1.93. The van der Waals surface area contributed by atoms with Crippen molar-refractivity contribution in [3.8, 4) is 0 Å². The molecule has 3 N–H and O–H groups in total. The third-order valence-corrected chi connectivity index (χ3v) is 7.75. The molecule has 4 heteroatoms. The Balaban J connectivity index is 1.99. The maximum absolute atomic E-state index is 13.7. The van der Waals surface area contributed by atoms with Crippen LogP contribution in [0.5, 0.6) is 0 Å². The zero-order valence-electron chi connectivity index (χ0n) is 14.8. The van der Waals surface area contributed by atoms with Gasteiger partial charge in [0.2, 0.25) is 0 Å². The van der Waals surface area contributed by atoms with Crippen molar-refractivity contribution in [2.75, 3.05) is 0 Å². The Morgan fingerprint density at radius 2 is 1.88 bits per heavy atom. The highest BCUT2D eigenvalue weighted by Crippen LogP contribution is 2.71. The summed E-state index contributed by atoms with van der Waals surface area (Å²) in [7, 11) is 0. The van der Waals surface area contributed by atoms with E-state index in [1.54, 1.807) is 19.1 Å². The topological polar surface area (TPSA) is 77.8 Å². The van der Waals surface area contributed by atoms with Gasteiger partial charge in [-0.3, -0.25) is 4.79 Å². The summed E-state index contributed by atoms with van der Waals surface area (Å²) in [5.41, 5.74) is -2.21. The second-order valence-corrected chi connectivity index (χ2v) is 9.11. The fourth-order valence-corrected chi connectivity index (χ4v) is 6.29. The van der Waals surface area contributed by atoms with Crippen LogP contribution in [0.25, 0.3) is 0 Å². The Kier molecular flexibility index (Phi) is 3.03. The summed E-state index contributed by atoms with van der Waals surface area (Å²) >= 11 is 0. The van der Waals surface area contributed by atoms with Gasteiger partial charge in [-0.1, -0.05) is 32.9 Å². The molecule has 0 heterocycles. The molecule has 1 spiro atoms. The van der Waals surface area contributed by atoms with Gasteiger partial charge in [-0.15, -0.1) is 0 Å². The van der Waals surface area contributed by atoms with Crippen LogP contribution >= 0.6 is 0 Å². The lowest BCUT2D eigenvalue weighted by atomic mass is 9.59. The van der Waals surface area contributed by atoms with Crippen molar-refractivity contribution in [3.63, 3.8) is 0 Å². The SMILES string of the molecule is [CH2]C1=C[C@@H]2C(=O)[C@]3(C=C(C)[C@H](O)[C@]3(O)[C@@H]1O)[C@H](C)C[C@@H]1[C@H]2C1(C)C. The zero-order chi connectivity index (χ0) is 17.8. The van der Waals surface area contributed by atoms with E-state index < -0.39 is 23.2 Å². The first-order valence-electron chi connectivity index (χ1n) is 8.87. The number of carbonyl (C=O) groups is 1. The van der Waals surface area contributed by atoms with Crippen molar-refractivity contribution in [1.82, 2.24) is 0 Å². The third-order valence-electron chi connectivity index (χ3n) is 7.75. The third kappa shape index (κ3) is 1.50. The molecule has 4 aliphatic carbocycles. The highest BCUT2D eigenvalue weighted by molar-refractivity contribution is 5.95. The Bertz CT molecular complexity index is 690. The number of aliphatic hydroxyl groups is 3. The molecule has 2 fully saturated rings. The van der Waals surface area contributed by atoms with E-state index in [9.17, 15) is 20.1 Å². The fraction of sp³-hybridized carbons (Fsp3) is 0.700. The quantitative estimate of drug-likeness (QED) is 0.590. The number of hydrogen-bond acceptors (Lipinski definition) is 4. The lowest BCUT2D eigenvalue weighted by molar-refractivity contribution is -0.188. The molecular weight excluding hydrogens is 304 g/mol. The molecule has 8 atom stereocenters. The van der Waals surface area contributed by atoms with Crippen LogP contribution in [0.4, 0.5) is 0 Å². The Labute approximate surface area is 143 Å². The second kappa shape index (κ2) is 4.40. The summed E-state index contributed by atoms with van der Waals surface area (Å²) in [4.78, 5) is 13.7. The number of fused-ring (bicyclic) bond motifs is 3. The first-order chi connectivity index (χ1) is 11.0. The smallest absolute Gasteiger partial charge is 0.153 e. The summed E-state index contributed by atoms with van der Waals surface area (Å²) in [6.45, 7) is 12.0. The molecule has 0 aromatic carbocycles. The number of hydrogen-bond donors (Lipinski definition) is 3. The molecule has 4 aliphatic rings. The van der Waals surface area contributed by atoms with Gasteiger partial charge in [0, 0.05) is 5.92 Å². The maximum atomic E-state index is 13.7. The lowest BCUT2D eigenvalue weighted by Crippen LogP contribution is -2.64. The van der Waals surface area contributed by atoms with Crippen LogP contribution in [0.1, 0.15) is 34.1 Å². The number of carbonyl (C=O) groups excluding carboxylic acids is 1. The van der Waals surface area contributed by atoms with Crippen LogP contribution in [0, 0.1) is 41.4 Å². The molecule has 1 radical (unpaired) electrons. The summed E-state index contributed by atoms with van der Waals surface area (Å²) in [6, 6.07) is 0. The number of ketones is 1. The van der Waals surface area contributed by atoms with Gasteiger partial charge >= 0.3 is 0 Å². The molecule has 24 heavy (non-hydrogen) atoms. The maximum Gasteiger partial charge on any atom is 0.153 e. The Morgan fingerprint density at radius 3 is 2.50 bits per heavy atom. The van der Waals surface area contributed by atoms with Crippen LogP contribution in [-0.2, 0) is 4.79 Å². The summed E-state index contributed by atoms with van der Waals surface area (Å²) in [5, 5.41) is 33.1. The van der Waals surface area contributed by atoms with E-state index in [1.165, 1.54) is 0 Å². The normalized spacial score (nSPS) is 54.9. The molecule has 0 saturated heterocycles. The van der Waals surface area contributed by atoms with Crippen molar-refractivity contribution < 1.29 is 20.1 Å². The molecule has 131 valence electrons. The number of Topliss-reactive ketones (excluding diaryl/α,β-unsaturated/α-hetero) is 1. The fourth-order valence-electron chi connectivity index (χ4n) is 6.29. The van der Waals surface area contributed by atoms with E-state index in [0.29, 0.717) is 17.1 Å². The molecule has 2 saturated carbocycles. The first-order valence-corrected chi connectivity index (χ1v) is 8.87. The van der Waals surface area contributed by atoms with Crippen molar-refractivity contribution in [2.24, 2.45) is 34.5 Å². The standard InChI is InChI=1S/C20H27O4/c1-9-6-12-14-13(18(14,4)5)7-11(3)19(17(12)23)8-10(2)16(22)20(19,24)15(9)21/h6,8,11-16,21-22,24H,1,7H2,2-5H3/t11-,12+,13-,14+,15-,16+,19+,20-/m1/s1. The zero-order valence-corrected chi connectivity index (χ0v) is 14.8. The Morgan fingerprint density at radius 1 is 1.25 bits per heavy atom. The average molecular weight is 331 g/mol. The molecule has 0 aromatic heterocycles. The van der Waals surface area contributed by atoms with Crippen molar-refractivity contribution in [3.05, 3.63) is 30.2 Å². The highest BCUT2D eigenvalue weighted by atomic mass is 16.4. The average Bonchev–Trinajstić information content (AvgIpc) is 3.01. The van der Waals surface area contributed by atoms with Crippen LogP contribution < -0.4 is 0 Å². The molecular formula is C20H27O4. The number of aliphatic hydroxyl groups excluding tert-OH is 2. The van der Waals surface area contributed by atoms with Gasteiger partial charge in [-0.2, -0.15) is 0 Å². The predicted octanol–water partition coefficient (Wildman–Crippen LogP) is 1.66. The van der Waals surface area contributed by atoms with E-state index in [2.05, 4.69) is 20.8 Å². The van der Waals surface area contributed by atoms with Crippen LogP contribution in [0.15, 0.2) is 23.3 Å². The molecule has 4 nitrogen and oxygen atoms in total. The van der Waals surface area contributed by atoms with E-state index >= 15 is 0 Å². The van der Waals surface area contributed by atoms with Gasteiger partial charge in [0.05, 0.1) is 5.41 Å². The minimum absolute atomic E-state index is 0.0656. The van der Waals surface area contributed by atoms with Gasteiger partial charge in [-0.05, 0) is 54.6 Å². The van der Waals surface area contributed by atoms with Crippen molar-refractivity contribution >= 4 is 5.78 Å². The highest BCUT2D eigenvalue weighted by Gasteiger charge is 2.75. The monoisotopic (exact) mass is 331 g/mol. The number of rotatable bonds is 0. The molecule has 2 bridgehead atoms. The minimum Gasteiger partial charge on any atom is -0.386 e. The summed E-state index contributed by atoms with van der Waals surface area (Å²) < 4.78 is 0. The van der Waals surface area contributed by atoms with Gasteiger partial charge in [0.25, 0.3) is 0 Å². The van der Waals surface area contributed by atoms with Crippen molar-refractivity contribution in [2.45, 2.75) is 51.9 Å².